The second kappa shape index (κ2) is 13.4. The van der Waals surface area contributed by atoms with Crippen LogP contribution in [-0.4, -0.2) is 38.4 Å². The van der Waals surface area contributed by atoms with Crippen molar-refractivity contribution >= 4 is 34.1 Å². The zero-order valence-corrected chi connectivity index (χ0v) is 23.0. The van der Waals surface area contributed by atoms with Crippen LogP contribution >= 0.6 is 11.5 Å². The zero-order valence-electron chi connectivity index (χ0n) is 22.1. The molecule has 0 atom stereocenters. The van der Waals surface area contributed by atoms with Crippen molar-refractivity contribution in [2.45, 2.75) is 12.8 Å². The second-order valence-corrected chi connectivity index (χ2v) is 9.65. The van der Waals surface area contributed by atoms with Crippen molar-refractivity contribution in [2.24, 2.45) is 0 Å². The van der Waals surface area contributed by atoms with Crippen LogP contribution in [0.3, 0.4) is 0 Å². The highest BCUT2D eigenvalue weighted by Gasteiger charge is 2.34. The highest BCUT2D eigenvalue weighted by molar-refractivity contribution is 7.10. The summed E-state index contributed by atoms with van der Waals surface area (Å²) < 4.78 is 67.9. The minimum Gasteiger partial charge on any atom is -0.475 e. The van der Waals surface area contributed by atoms with Gasteiger partial charge in [-0.3, -0.25) is 10.1 Å². The molecule has 9 nitrogen and oxygen atoms in total. The van der Waals surface area contributed by atoms with Gasteiger partial charge < -0.3 is 14.8 Å². The van der Waals surface area contributed by atoms with E-state index in [9.17, 15) is 22.4 Å². The van der Waals surface area contributed by atoms with Crippen LogP contribution in [0.5, 0.6) is 5.88 Å². The monoisotopic (exact) mass is 610 g/mol. The average molecular weight is 611 g/mol. The summed E-state index contributed by atoms with van der Waals surface area (Å²) in [5.41, 5.74) is 0.555. The number of rotatable bonds is 11. The molecule has 2 N–H and O–H groups in total. The van der Waals surface area contributed by atoms with Gasteiger partial charge in [-0.2, -0.15) is 22.5 Å². The van der Waals surface area contributed by atoms with Crippen LogP contribution < -0.4 is 15.4 Å². The Morgan fingerprint density at radius 1 is 0.930 bits per heavy atom. The number of anilines is 3. The second-order valence-electron chi connectivity index (χ2n) is 8.90. The number of nitrogens with one attached hydrogen (secondary N) is 2. The van der Waals surface area contributed by atoms with E-state index in [0.29, 0.717) is 54.9 Å². The smallest absolute Gasteiger partial charge is 0.419 e. The van der Waals surface area contributed by atoms with Crippen LogP contribution in [0.25, 0.3) is 11.4 Å². The summed E-state index contributed by atoms with van der Waals surface area (Å²) in [6.07, 6.45) is -3.51. The highest BCUT2D eigenvalue weighted by atomic mass is 32.1. The van der Waals surface area contributed by atoms with E-state index in [0.717, 1.165) is 23.2 Å². The molecule has 3 aromatic carbocycles. The SMILES string of the molecule is O=C(Nc1nc(-c2ccc(F)c(C(F)(F)F)c2)ns1)c1ccc(Nc2cc(OCCOCc3ccccc3)ncn2)cc1. The van der Waals surface area contributed by atoms with E-state index in [4.69, 9.17) is 9.47 Å². The molecule has 0 saturated heterocycles. The van der Waals surface area contributed by atoms with E-state index in [1.54, 1.807) is 30.3 Å². The normalized spacial score (nSPS) is 11.3. The van der Waals surface area contributed by atoms with Crippen LogP contribution in [0.1, 0.15) is 21.5 Å². The number of carbonyl (C=O) groups excluding carboxylic acids is 1. The number of nitrogens with zero attached hydrogens (tertiary/aromatic N) is 4. The Bertz CT molecular complexity index is 1680. The molecule has 2 aromatic heterocycles. The maximum atomic E-state index is 13.6. The van der Waals surface area contributed by atoms with Crippen molar-refractivity contribution in [1.82, 2.24) is 19.3 Å². The molecular weight excluding hydrogens is 588 g/mol. The van der Waals surface area contributed by atoms with Gasteiger partial charge in [-0.15, -0.1) is 0 Å². The Kier molecular flexibility index (Phi) is 9.17. The number of benzene rings is 3. The van der Waals surface area contributed by atoms with Gasteiger partial charge in [0.15, 0.2) is 5.82 Å². The summed E-state index contributed by atoms with van der Waals surface area (Å²) in [5, 5.41) is 5.73. The molecule has 1 amide bonds. The van der Waals surface area contributed by atoms with Gasteiger partial charge in [-0.25, -0.2) is 14.4 Å². The Morgan fingerprint density at radius 3 is 2.49 bits per heavy atom. The number of alkyl halides is 3. The minimum atomic E-state index is -4.87. The summed E-state index contributed by atoms with van der Waals surface area (Å²) in [6.45, 7) is 1.18. The van der Waals surface area contributed by atoms with E-state index in [-0.39, 0.29) is 16.5 Å². The molecule has 0 bridgehead atoms. The number of ether oxygens (including phenoxy) is 2. The number of amides is 1. The fraction of sp³-hybridized carbons (Fsp3) is 0.138. The van der Waals surface area contributed by atoms with Gasteiger partial charge in [-0.05, 0) is 48.0 Å². The van der Waals surface area contributed by atoms with E-state index < -0.39 is 23.5 Å². The molecule has 5 rings (SSSR count). The van der Waals surface area contributed by atoms with Gasteiger partial charge in [0, 0.05) is 34.4 Å². The quantitative estimate of drug-likeness (QED) is 0.125. The molecule has 0 fully saturated rings. The van der Waals surface area contributed by atoms with Gasteiger partial charge in [0.05, 0.1) is 18.8 Å². The Hall–Kier alpha value is -4.95. The van der Waals surface area contributed by atoms with E-state index >= 15 is 0 Å². The van der Waals surface area contributed by atoms with Gasteiger partial charge in [-0.1, -0.05) is 30.3 Å². The first kappa shape index (κ1) is 29.5. The van der Waals surface area contributed by atoms with Crippen LogP contribution in [-0.2, 0) is 17.5 Å². The highest BCUT2D eigenvalue weighted by Crippen LogP contribution is 2.34. The maximum absolute atomic E-state index is 13.6. The summed E-state index contributed by atoms with van der Waals surface area (Å²) in [7, 11) is 0. The van der Waals surface area contributed by atoms with E-state index in [1.807, 2.05) is 30.3 Å². The molecule has 5 aromatic rings. The number of hydrogen-bond acceptors (Lipinski definition) is 9. The fourth-order valence-corrected chi connectivity index (χ4v) is 4.34. The van der Waals surface area contributed by atoms with Gasteiger partial charge in [0.25, 0.3) is 5.91 Å². The van der Waals surface area contributed by atoms with Crippen molar-refractivity contribution in [3.63, 3.8) is 0 Å². The molecule has 14 heteroatoms. The van der Waals surface area contributed by atoms with Gasteiger partial charge in [0.1, 0.15) is 24.6 Å². The summed E-state index contributed by atoms with van der Waals surface area (Å²) in [6, 6.07) is 20.4. The molecule has 0 aliphatic rings. The number of hydrogen-bond donors (Lipinski definition) is 2. The summed E-state index contributed by atoms with van der Waals surface area (Å²) in [4.78, 5) is 25.0. The predicted molar refractivity (Wildman–Crippen MR) is 152 cm³/mol. The minimum absolute atomic E-state index is 0.0319. The third-order valence-corrected chi connectivity index (χ3v) is 6.46. The van der Waals surface area contributed by atoms with Gasteiger partial charge in [0.2, 0.25) is 11.0 Å². The Labute approximate surface area is 246 Å². The molecule has 2 heterocycles. The lowest BCUT2D eigenvalue weighted by atomic mass is 10.1. The van der Waals surface area contributed by atoms with Crippen molar-refractivity contribution in [3.8, 4) is 17.3 Å². The Morgan fingerprint density at radius 2 is 1.72 bits per heavy atom. The van der Waals surface area contributed by atoms with Crippen molar-refractivity contribution in [2.75, 3.05) is 23.8 Å². The molecule has 0 spiro atoms. The summed E-state index contributed by atoms with van der Waals surface area (Å²) in [5.74, 6) is -1.13. The molecule has 0 saturated carbocycles. The van der Waals surface area contributed by atoms with Crippen molar-refractivity contribution in [1.29, 1.82) is 0 Å². The first-order valence-electron chi connectivity index (χ1n) is 12.7. The van der Waals surface area contributed by atoms with Crippen molar-refractivity contribution in [3.05, 3.63) is 108 Å². The molecule has 220 valence electrons. The number of halogens is 4. The van der Waals surface area contributed by atoms with Crippen LogP contribution in [0.2, 0.25) is 0 Å². The third-order valence-electron chi connectivity index (χ3n) is 5.83. The number of aromatic nitrogens is 4. The first-order valence-corrected chi connectivity index (χ1v) is 13.5. The topological polar surface area (TPSA) is 111 Å². The molecule has 0 unspecified atom stereocenters. The Balaban J connectivity index is 1.12. The van der Waals surface area contributed by atoms with Crippen LogP contribution in [0.4, 0.5) is 34.2 Å². The van der Waals surface area contributed by atoms with Gasteiger partial charge >= 0.3 is 6.18 Å². The summed E-state index contributed by atoms with van der Waals surface area (Å²) >= 11 is 0.784. The molecule has 0 aliphatic carbocycles. The van der Waals surface area contributed by atoms with Crippen molar-refractivity contribution < 1.29 is 31.8 Å². The molecule has 43 heavy (non-hydrogen) atoms. The molecule has 0 aliphatic heterocycles. The standard InChI is InChI=1S/C29H22F4N6O3S/c30-23-11-8-20(14-22(23)29(31,32)33)26-37-28(43-39-26)38-27(40)19-6-9-21(10-7-19)36-24-15-25(35-17-34-24)42-13-12-41-16-18-4-2-1-3-5-18/h1-11,14-15,17H,12-13,16H2,(H,34,35,36)(H,37,38,39,40). The van der Waals surface area contributed by atoms with E-state index in [1.165, 1.54) is 6.33 Å². The zero-order chi connectivity index (χ0) is 30.2. The third kappa shape index (κ3) is 8.08. The molecule has 0 radical (unpaired) electrons. The lowest BCUT2D eigenvalue weighted by Gasteiger charge is -2.09. The lowest BCUT2D eigenvalue weighted by Crippen LogP contribution is -2.11. The average Bonchev–Trinajstić information content (AvgIpc) is 3.46. The maximum Gasteiger partial charge on any atom is 0.419 e. The van der Waals surface area contributed by atoms with Crippen LogP contribution in [0.15, 0.2) is 85.2 Å². The predicted octanol–water partition coefficient (Wildman–Crippen LogP) is 6.74. The van der Waals surface area contributed by atoms with Crippen LogP contribution in [0, 0.1) is 5.82 Å². The largest absolute Gasteiger partial charge is 0.475 e. The fourth-order valence-electron chi connectivity index (χ4n) is 3.75. The molecular formula is C29H22F4N6O3S. The van der Waals surface area contributed by atoms with E-state index in [2.05, 4.69) is 30.0 Å². The first-order chi connectivity index (χ1) is 20.7. The lowest BCUT2D eigenvalue weighted by molar-refractivity contribution is -0.139. The number of carbonyl (C=O) groups is 1.